The predicted octanol–water partition coefficient (Wildman–Crippen LogP) is 3.47. The Balaban J connectivity index is 1.80. The SMILES string of the molecule is CC1CCC(NC(=O)c2cccc(-c3ccc(C(N)=O)cc3)c2O)CC1. The molecule has 0 atom stereocenters. The van der Waals surface area contributed by atoms with Crippen molar-refractivity contribution in [2.45, 2.75) is 38.6 Å². The minimum absolute atomic E-state index is 0.0546. The van der Waals surface area contributed by atoms with Crippen LogP contribution in [0.2, 0.25) is 0 Å². The summed E-state index contributed by atoms with van der Waals surface area (Å²) in [6.07, 6.45) is 4.18. The highest BCUT2D eigenvalue weighted by molar-refractivity contribution is 5.99. The second-order valence-corrected chi connectivity index (χ2v) is 7.07. The fraction of sp³-hybridized carbons (Fsp3) is 0.333. The third-order valence-electron chi connectivity index (χ3n) is 5.11. The first kappa shape index (κ1) is 18.0. The van der Waals surface area contributed by atoms with Crippen molar-refractivity contribution in [2.24, 2.45) is 11.7 Å². The van der Waals surface area contributed by atoms with E-state index in [1.165, 1.54) is 0 Å². The number of rotatable bonds is 4. The van der Waals surface area contributed by atoms with E-state index >= 15 is 0 Å². The van der Waals surface area contributed by atoms with Gasteiger partial charge < -0.3 is 16.2 Å². The first-order valence-corrected chi connectivity index (χ1v) is 8.98. The third kappa shape index (κ3) is 3.87. The van der Waals surface area contributed by atoms with Gasteiger partial charge in [-0.1, -0.05) is 31.2 Å². The Morgan fingerprint density at radius 1 is 1.04 bits per heavy atom. The molecule has 0 saturated heterocycles. The molecular weight excluding hydrogens is 328 g/mol. The zero-order valence-corrected chi connectivity index (χ0v) is 14.9. The van der Waals surface area contributed by atoms with E-state index in [1.54, 1.807) is 42.5 Å². The molecule has 0 aliphatic heterocycles. The van der Waals surface area contributed by atoms with Crippen LogP contribution in [0.15, 0.2) is 42.5 Å². The van der Waals surface area contributed by atoms with Crippen LogP contribution in [0.4, 0.5) is 0 Å². The largest absolute Gasteiger partial charge is 0.506 e. The van der Waals surface area contributed by atoms with Crippen molar-refractivity contribution in [1.82, 2.24) is 5.32 Å². The molecule has 4 N–H and O–H groups in total. The first-order valence-electron chi connectivity index (χ1n) is 8.98. The Kier molecular flexibility index (Phi) is 5.26. The van der Waals surface area contributed by atoms with Gasteiger partial charge in [-0.3, -0.25) is 9.59 Å². The van der Waals surface area contributed by atoms with Crippen LogP contribution in [0, 0.1) is 5.92 Å². The molecule has 1 fully saturated rings. The van der Waals surface area contributed by atoms with Gasteiger partial charge in [-0.25, -0.2) is 0 Å². The average molecular weight is 352 g/mol. The lowest BCUT2D eigenvalue weighted by atomic mass is 9.87. The summed E-state index contributed by atoms with van der Waals surface area (Å²) in [7, 11) is 0. The van der Waals surface area contributed by atoms with E-state index in [0.29, 0.717) is 22.6 Å². The van der Waals surface area contributed by atoms with Gasteiger partial charge in [0, 0.05) is 17.2 Å². The maximum Gasteiger partial charge on any atom is 0.255 e. The van der Waals surface area contributed by atoms with Crippen LogP contribution in [-0.4, -0.2) is 23.0 Å². The molecule has 0 heterocycles. The number of phenolic OH excluding ortho intramolecular Hbond substituents is 1. The summed E-state index contributed by atoms with van der Waals surface area (Å²) in [6, 6.07) is 11.9. The van der Waals surface area contributed by atoms with Crippen molar-refractivity contribution >= 4 is 11.8 Å². The highest BCUT2D eigenvalue weighted by Gasteiger charge is 2.22. The molecule has 26 heavy (non-hydrogen) atoms. The predicted molar refractivity (Wildman–Crippen MR) is 101 cm³/mol. The summed E-state index contributed by atoms with van der Waals surface area (Å²) in [5, 5.41) is 13.6. The van der Waals surface area contributed by atoms with Gasteiger partial charge in [0.05, 0.1) is 5.56 Å². The van der Waals surface area contributed by atoms with Crippen molar-refractivity contribution in [2.75, 3.05) is 0 Å². The van der Waals surface area contributed by atoms with E-state index in [4.69, 9.17) is 5.73 Å². The van der Waals surface area contributed by atoms with Crippen LogP contribution in [0.1, 0.15) is 53.3 Å². The number of para-hydroxylation sites is 1. The molecule has 2 amide bonds. The molecule has 1 aliphatic rings. The number of primary amides is 1. The van der Waals surface area contributed by atoms with Gasteiger partial charge in [0.25, 0.3) is 5.91 Å². The Bertz CT molecular complexity index is 807. The van der Waals surface area contributed by atoms with E-state index in [-0.39, 0.29) is 23.3 Å². The normalized spacial score (nSPS) is 19.7. The number of amides is 2. The van der Waals surface area contributed by atoms with Crippen LogP contribution >= 0.6 is 0 Å². The average Bonchev–Trinajstić information content (AvgIpc) is 2.64. The van der Waals surface area contributed by atoms with Crippen molar-refractivity contribution in [3.05, 3.63) is 53.6 Å². The maximum atomic E-state index is 12.6. The Labute approximate surface area is 153 Å². The van der Waals surface area contributed by atoms with E-state index < -0.39 is 5.91 Å². The smallest absolute Gasteiger partial charge is 0.255 e. The van der Waals surface area contributed by atoms with Crippen LogP contribution in [0.25, 0.3) is 11.1 Å². The minimum Gasteiger partial charge on any atom is -0.506 e. The highest BCUT2D eigenvalue weighted by atomic mass is 16.3. The second kappa shape index (κ2) is 7.60. The van der Waals surface area contributed by atoms with Crippen LogP contribution in [0.3, 0.4) is 0 Å². The molecule has 5 nitrogen and oxygen atoms in total. The van der Waals surface area contributed by atoms with E-state index in [1.807, 2.05) is 0 Å². The summed E-state index contributed by atoms with van der Waals surface area (Å²) in [5.41, 5.74) is 7.18. The summed E-state index contributed by atoms with van der Waals surface area (Å²) >= 11 is 0. The van der Waals surface area contributed by atoms with E-state index in [0.717, 1.165) is 25.7 Å². The number of benzene rings is 2. The van der Waals surface area contributed by atoms with Crippen molar-refractivity contribution in [3.63, 3.8) is 0 Å². The van der Waals surface area contributed by atoms with Crippen molar-refractivity contribution < 1.29 is 14.7 Å². The molecule has 1 aliphatic carbocycles. The zero-order chi connectivity index (χ0) is 18.7. The standard InChI is InChI=1S/C21H24N2O3/c1-13-5-11-16(12-6-13)23-21(26)18-4-2-3-17(19(18)24)14-7-9-15(10-8-14)20(22)25/h2-4,7-10,13,16,24H,5-6,11-12H2,1H3,(H2,22,25)(H,23,26). The molecule has 0 unspecified atom stereocenters. The zero-order valence-electron chi connectivity index (χ0n) is 14.9. The number of nitrogens with two attached hydrogens (primary N) is 1. The molecule has 0 spiro atoms. The number of aromatic hydroxyl groups is 1. The van der Waals surface area contributed by atoms with Crippen LogP contribution in [0.5, 0.6) is 5.75 Å². The third-order valence-corrected chi connectivity index (χ3v) is 5.11. The van der Waals surface area contributed by atoms with Gasteiger partial charge in [-0.15, -0.1) is 0 Å². The molecule has 0 aromatic heterocycles. The lowest BCUT2D eigenvalue weighted by Gasteiger charge is -2.27. The molecule has 136 valence electrons. The quantitative estimate of drug-likeness (QED) is 0.787. The lowest BCUT2D eigenvalue weighted by Crippen LogP contribution is -2.37. The molecule has 0 bridgehead atoms. The number of carbonyl (C=O) groups excluding carboxylic acids is 2. The Morgan fingerprint density at radius 2 is 1.69 bits per heavy atom. The lowest BCUT2D eigenvalue weighted by molar-refractivity contribution is 0.0919. The molecule has 5 heteroatoms. The summed E-state index contributed by atoms with van der Waals surface area (Å²) in [4.78, 5) is 23.8. The maximum absolute atomic E-state index is 12.6. The topological polar surface area (TPSA) is 92.4 Å². The molecule has 2 aromatic carbocycles. The number of phenols is 1. The van der Waals surface area contributed by atoms with Crippen molar-refractivity contribution in [3.8, 4) is 16.9 Å². The molecule has 2 aromatic rings. The number of carbonyl (C=O) groups is 2. The van der Waals surface area contributed by atoms with Crippen molar-refractivity contribution in [1.29, 1.82) is 0 Å². The number of hydrogen-bond acceptors (Lipinski definition) is 3. The van der Waals surface area contributed by atoms with Gasteiger partial charge in [0.15, 0.2) is 0 Å². The Hall–Kier alpha value is -2.82. The first-order chi connectivity index (χ1) is 12.5. The van der Waals surface area contributed by atoms with Gasteiger partial charge in [-0.05, 0) is 55.4 Å². The summed E-state index contributed by atoms with van der Waals surface area (Å²) in [6.45, 7) is 2.23. The van der Waals surface area contributed by atoms with Gasteiger partial charge in [0.2, 0.25) is 5.91 Å². The molecular formula is C21H24N2O3. The number of hydrogen-bond donors (Lipinski definition) is 3. The van der Waals surface area contributed by atoms with Crippen LogP contribution in [-0.2, 0) is 0 Å². The highest BCUT2D eigenvalue weighted by Crippen LogP contribution is 2.32. The summed E-state index contributed by atoms with van der Waals surface area (Å²) in [5.74, 6) is -0.0994. The fourth-order valence-corrected chi connectivity index (χ4v) is 3.44. The number of nitrogens with one attached hydrogen (secondary N) is 1. The monoisotopic (exact) mass is 352 g/mol. The van der Waals surface area contributed by atoms with Gasteiger partial charge in [-0.2, -0.15) is 0 Å². The Morgan fingerprint density at radius 3 is 2.31 bits per heavy atom. The van der Waals surface area contributed by atoms with E-state index in [9.17, 15) is 14.7 Å². The van der Waals surface area contributed by atoms with Gasteiger partial charge >= 0.3 is 0 Å². The molecule has 0 radical (unpaired) electrons. The van der Waals surface area contributed by atoms with Gasteiger partial charge in [0.1, 0.15) is 5.75 Å². The van der Waals surface area contributed by atoms with Crippen LogP contribution < -0.4 is 11.1 Å². The second-order valence-electron chi connectivity index (χ2n) is 7.07. The molecule has 3 rings (SSSR count). The van der Waals surface area contributed by atoms with E-state index in [2.05, 4.69) is 12.2 Å². The molecule has 1 saturated carbocycles. The summed E-state index contributed by atoms with van der Waals surface area (Å²) < 4.78 is 0. The minimum atomic E-state index is -0.504. The fourth-order valence-electron chi connectivity index (χ4n) is 3.44.